The number of carbonyl (C=O) groups excluding carboxylic acids is 2. The van der Waals surface area contributed by atoms with Gasteiger partial charge in [0.15, 0.2) is 0 Å². The third kappa shape index (κ3) is 8.99. The maximum atomic E-state index is 13.6. The summed E-state index contributed by atoms with van der Waals surface area (Å²) in [6.45, 7) is 1.98. The molecular formula is C29H35Cl3N4O2. The van der Waals surface area contributed by atoms with Crippen molar-refractivity contribution in [2.45, 2.75) is 63.2 Å². The van der Waals surface area contributed by atoms with Gasteiger partial charge in [-0.15, -0.1) is 0 Å². The Balaban J connectivity index is 1.39. The van der Waals surface area contributed by atoms with Gasteiger partial charge < -0.3 is 20.9 Å². The van der Waals surface area contributed by atoms with Gasteiger partial charge in [0.05, 0.1) is 6.04 Å². The molecule has 2 fully saturated rings. The summed E-state index contributed by atoms with van der Waals surface area (Å²) in [6, 6.07) is 12.7. The van der Waals surface area contributed by atoms with E-state index in [0.29, 0.717) is 53.7 Å². The molecule has 38 heavy (non-hydrogen) atoms. The number of carbonyl (C=O) groups is 2. The third-order valence-electron chi connectivity index (χ3n) is 7.13. The molecule has 2 aromatic rings. The molecule has 204 valence electrons. The molecule has 1 saturated carbocycles. The van der Waals surface area contributed by atoms with Gasteiger partial charge in [-0.25, -0.2) is 0 Å². The monoisotopic (exact) mass is 576 g/mol. The highest BCUT2D eigenvalue weighted by Crippen LogP contribution is 2.22. The summed E-state index contributed by atoms with van der Waals surface area (Å²) >= 11 is 18.3. The molecule has 6 nitrogen and oxygen atoms in total. The average Bonchev–Trinajstić information content (AvgIpc) is 3.04. The van der Waals surface area contributed by atoms with Crippen LogP contribution in [-0.4, -0.2) is 54.5 Å². The van der Waals surface area contributed by atoms with Crippen molar-refractivity contribution in [1.82, 2.24) is 20.9 Å². The van der Waals surface area contributed by atoms with Crippen molar-refractivity contribution < 1.29 is 9.59 Å². The molecule has 3 N–H and O–H groups in total. The lowest BCUT2D eigenvalue weighted by molar-refractivity contribution is -0.133. The Kier molecular flexibility index (Phi) is 10.9. The van der Waals surface area contributed by atoms with Crippen molar-refractivity contribution in [3.8, 4) is 0 Å². The summed E-state index contributed by atoms with van der Waals surface area (Å²) in [6.07, 6.45) is 10.0. The van der Waals surface area contributed by atoms with Crippen LogP contribution in [0.1, 0.15) is 49.7 Å². The van der Waals surface area contributed by atoms with E-state index in [9.17, 15) is 9.59 Å². The van der Waals surface area contributed by atoms with Gasteiger partial charge >= 0.3 is 0 Å². The van der Waals surface area contributed by atoms with Crippen molar-refractivity contribution >= 4 is 52.7 Å². The molecule has 0 radical (unpaired) electrons. The average molecular weight is 578 g/mol. The fraction of sp³-hybridized carbons (Fsp3) is 0.448. The van der Waals surface area contributed by atoms with E-state index in [-0.39, 0.29) is 23.9 Å². The zero-order valence-corrected chi connectivity index (χ0v) is 23.7. The maximum Gasteiger partial charge on any atom is 0.244 e. The summed E-state index contributed by atoms with van der Waals surface area (Å²) in [4.78, 5) is 28.0. The van der Waals surface area contributed by atoms with E-state index >= 15 is 0 Å². The molecule has 0 spiro atoms. The third-order valence-corrected chi connectivity index (χ3v) is 7.81. The van der Waals surface area contributed by atoms with Crippen LogP contribution in [0.5, 0.6) is 0 Å². The number of benzene rings is 2. The zero-order chi connectivity index (χ0) is 26.9. The standard InChI is InChI=1S/C29H35Cl3N4O2/c30-22-9-6-20(7-10-22)8-11-28(37)34-17-26-12-13-36(19-21-14-23(31)16-24(32)15-21)29(38)27(35-26)18-33-25-4-2-1-3-5-25/h6-11,14-16,25-27,33,35H,1-5,12-13,17-19H2,(H,34,37)/b11-8+/t26-,27-/m0/s1. The molecule has 2 atom stereocenters. The van der Waals surface area contributed by atoms with Crippen LogP contribution >= 0.6 is 34.8 Å². The molecule has 9 heteroatoms. The largest absolute Gasteiger partial charge is 0.351 e. The van der Waals surface area contributed by atoms with Gasteiger partial charge in [0.2, 0.25) is 11.8 Å². The van der Waals surface area contributed by atoms with Crippen molar-refractivity contribution in [2.75, 3.05) is 19.6 Å². The molecule has 0 bridgehead atoms. The topological polar surface area (TPSA) is 73.5 Å². The first-order valence-corrected chi connectivity index (χ1v) is 14.4. The minimum absolute atomic E-state index is 0.0425. The zero-order valence-electron chi connectivity index (χ0n) is 21.4. The Morgan fingerprint density at radius 3 is 2.37 bits per heavy atom. The lowest BCUT2D eigenvalue weighted by atomic mass is 9.95. The van der Waals surface area contributed by atoms with E-state index in [1.54, 1.807) is 24.3 Å². The highest BCUT2D eigenvalue weighted by Gasteiger charge is 2.31. The van der Waals surface area contributed by atoms with Crippen molar-refractivity contribution in [3.05, 3.63) is 74.7 Å². The molecule has 2 amide bonds. The Labute approximate surface area is 240 Å². The first kappa shape index (κ1) is 28.9. The van der Waals surface area contributed by atoms with E-state index in [0.717, 1.165) is 24.0 Å². The van der Waals surface area contributed by atoms with Crippen LogP contribution in [0.4, 0.5) is 0 Å². The van der Waals surface area contributed by atoms with E-state index in [1.807, 2.05) is 29.2 Å². The van der Waals surface area contributed by atoms with Gasteiger partial charge in [0.1, 0.15) is 0 Å². The van der Waals surface area contributed by atoms with Gasteiger partial charge in [0, 0.05) is 59.4 Å². The fourth-order valence-electron chi connectivity index (χ4n) is 5.09. The number of hydrogen-bond donors (Lipinski definition) is 3. The number of amides is 2. The van der Waals surface area contributed by atoms with Gasteiger partial charge in [-0.2, -0.15) is 0 Å². The lowest BCUT2D eigenvalue weighted by Gasteiger charge is -2.28. The Hall–Kier alpha value is -2.09. The second-order valence-corrected chi connectivity index (χ2v) is 11.4. The van der Waals surface area contributed by atoms with Crippen LogP contribution in [-0.2, 0) is 16.1 Å². The molecule has 2 aliphatic rings. The number of hydrogen-bond acceptors (Lipinski definition) is 4. The molecule has 1 heterocycles. The molecular weight excluding hydrogens is 543 g/mol. The highest BCUT2D eigenvalue weighted by molar-refractivity contribution is 6.34. The number of rotatable bonds is 9. The second kappa shape index (κ2) is 14.3. The van der Waals surface area contributed by atoms with E-state index in [1.165, 1.54) is 25.3 Å². The van der Waals surface area contributed by atoms with Gasteiger partial charge in [-0.1, -0.05) is 66.2 Å². The number of nitrogens with one attached hydrogen (secondary N) is 3. The van der Waals surface area contributed by atoms with Crippen LogP contribution in [0.2, 0.25) is 15.1 Å². The van der Waals surface area contributed by atoms with E-state index in [2.05, 4.69) is 16.0 Å². The fourth-order valence-corrected chi connectivity index (χ4v) is 5.79. The molecule has 4 rings (SSSR count). The normalized spacial score (nSPS) is 21.0. The molecule has 1 aliphatic heterocycles. The van der Waals surface area contributed by atoms with Crippen LogP contribution in [0.15, 0.2) is 48.5 Å². The summed E-state index contributed by atoms with van der Waals surface area (Å²) in [7, 11) is 0. The van der Waals surface area contributed by atoms with Crippen LogP contribution < -0.4 is 16.0 Å². The minimum atomic E-state index is -0.388. The molecule has 2 aromatic carbocycles. The molecule has 0 aromatic heterocycles. The summed E-state index contributed by atoms with van der Waals surface area (Å²) in [5.41, 5.74) is 1.79. The van der Waals surface area contributed by atoms with Gasteiger partial charge in [0.25, 0.3) is 0 Å². The van der Waals surface area contributed by atoms with Crippen molar-refractivity contribution in [3.63, 3.8) is 0 Å². The summed E-state index contributed by atoms with van der Waals surface area (Å²) in [5, 5.41) is 11.9. The van der Waals surface area contributed by atoms with Crippen molar-refractivity contribution in [2.24, 2.45) is 0 Å². The second-order valence-electron chi connectivity index (χ2n) is 10.1. The molecule has 1 saturated heterocycles. The smallest absolute Gasteiger partial charge is 0.244 e. The predicted molar refractivity (Wildman–Crippen MR) is 156 cm³/mol. The van der Waals surface area contributed by atoms with Crippen molar-refractivity contribution in [1.29, 1.82) is 0 Å². The summed E-state index contributed by atoms with van der Waals surface area (Å²) < 4.78 is 0. The quantitative estimate of drug-likeness (QED) is 0.346. The lowest BCUT2D eigenvalue weighted by Crippen LogP contribution is -2.54. The first-order chi connectivity index (χ1) is 18.4. The van der Waals surface area contributed by atoms with Crippen LogP contribution in [0, 0.1) is 0 Å². The van der Waals surface area contributed by atoms with E-state index in [4.69, 9.17) is 34.8 Å². The van der Waals surface area contributed by atoms with E-state index < -0.39 is 0 Å². The molecule has 0 unspecified atom stereocenters. The number of halogens is 3. The Morgan fingerprint density at radius 1 is 0.947 bits per heavy atom. The van der Waals surface area contributed by atoms with Gasteiger partial charge in [-0.05, 0) is 66.8 Å². The predicted octanol–water partition coefficient (Wildman–Crippen LogP) is 5.46. The number of nitrogens with zero attached hydrogens (tertiary/aromatic N) is 1. The maximum absolute atomic E-state index is 13.6. The minimum Gasteiger partial charge on any atom is -0.351 e. The van der Waals surface area contributed by atoms with Crippen LogP contribution in [0.25, 0.3) is 6.08 Å². The SMILES string of the molecule is O=C(/C=C/c1ccc(Cl)cc1)NC[C@@H]1CCN(Cc2cc(Cl)cc(Cl)c2)C(=O)[C@H](CNC2CCCCC2)N1. The van der Waals surface area contributed by atoms with Gasteiger partial charge in [-0.3, -0.25) is 9.59 Å². The first-order valence-electron chi connectivity index (χ1n) is 13.3. The Morgan fingerprint density at radius 2 is 1.66 bits per heavy atom. The molecule has 1 aliphatic carbocycles. The summed E-state index contributed by atoms with van der Waals surface area (Å²) in [5.74, 6) is -0.138. The highest BCUT2D eigenvalue weighted by atomic mass is 35.5. The Bertz CT molecular complexity index is 1100. The van der Waals surface area contributed by atoms with Crippen LogP contribution in [0.3, 0.4) is 0 Å².